The smallest absolute Gasteiger partial charge is 0.255 e. The molecule has 1 spiro atoms. The van der Waals surface area contributed by atoms with Crippen LogP contribution in [0, 0.1) is 0 Å². The number of anilines is 1. The van der Waals surface area contributed by atoms with Gasteiger partial charge in [-0.05, 0) is 25.0 Å². The Bertz CT molecular complexity index is 926. The molecular formula is C17H20N6O2S. The molecule has 1 aromatic heterocycles. The number of fused-ring (bicyclic) bond motifs is 1. The fourth-order valence-electron chi connectivity index (χ4n) is 3.43. The normalized spacial score (nSPS) is 18.9. The number of aromatic nitrogens is 1. The van der Waals surface area contributed by atoms with Gasteiger partial charge >= 0.3 is 0 Å². The third-order valence-corrected chi connectivity index (χ3v) is 5.86. The summed E-state index contributed by atoms with van der Waals surface area (Å²) in [5.74, 6) is 0.453. The molecule has 8 nitrogen and oxygen atoms in total. The van der Waals surface area contributed by atoms with Gasteiger partial charge in [0.1, 0.15) is 5.54 Å². The van der Waals surface area contributed by atoms with E-state index >= 15 is 0 Å². The molecule has 136 valence electrons. The highest BCUT2D eigenvalue weighted by Crippen LogP contribution is 2.32. The van der Waals surface area contributed by atoms with Gasteiger partial charge in [0.2, 0.25) is 5.96 Å². The SMILES string of the molecule is CN(C)C1=NC2(CCN(C(=O)c3cccc4nc(N)sc34)CC2)C(=O)N1. The van der Waals surface area contributed by atoms with Gasteiger partial charge in [0.15, 0.2) is 5.13 Å². The number of rotatable bonds is 1. The number of hydrogen-bond acceptors (Lipinski definition) is 7. The summed E-state index contributed by atoms with van der Waals surface area (Å²) in [6.07, 6.45) is 1.03. The number of piperidine rings is 1. The molecule has 3 heterocycles. The molecule has 26 heavy (non-hydrogen) atoms. The number of amides is 2. The topological polar surface area (TPSA) is 104 Å². The Kier molecular flexibility index (Phi) is 3.83. The summed E-state index contributed by atoms with van der Waals surface area (Å²) in [5, 5.41) is 3.28. The lowest BCUT2D eigenvalue weighted by Crippen LogP contribution is -2.50. The van der Waals surface area contributed by atoms with Crippen LogP contribution < -0.4 is 11.1 Å². The lowest BCUT2D eigenvalue weighted by Gasteiger charge is -2.35. The van der Waals surface area contributed by atoms with Crippen molar-refractivity contribution in [2.24, 2.45) is 4.99 Å². The molecule has 2 aromatic rings. The molecule has 0 atom stereocenters. The van der Waals surface area contributed by atoms with Crippen molar-refractivity contribution in [3.05, 3.63) is 23.8 Å². The van der Waals surface area contributed by atoms with Gasteiger partial charge in [0, 0.05) is 27.2 Å². The zero-order valence-corrected chi connectivity index (χ0v) is 15.5. The second-order valence-electron chi connectivity index (χ2n) is 6.81. The third-order valence-electron chi connectivity index (χ3n) is 4.93. The highest BCUT2D eigenvalue weighted by atomic mass is 32.1. The predicted octanol–water partition coefficient (Wildman–Crippen LogP) is 0.901. The molecule has 0 radical (unpaired) electrons. The molecule has 0 bridgehead atoms. The van der Waals surface area contributed by atoms with Crippen molar-refractivity contribution in [2.75, 3.05) is 32.9 Å². The summed E-state index contributed by atoms with van der Waals surface area (Å²) in [6, 6.07) is 5.47. The van der Waals surface area contributed by atoms with Crippen molar-refractivity contribution in [1.82, 2.24) is 20.1 Å². The van der Waals surface area contributed by atoms with Crippen LogP contribution in [0.4, 0.5) is 5.13 Å². The second-order valence-corrected chi connectivity index (χ2v) is 7.84. The summed E-state index contributed by atoms with van der Waals surface area (Å²) in [4.78, 5) is 37.8. The number of nitrogens with zero attached hydrogens (tertiary/aromatic N) is 4. The third kappa shape index (κ3) is 2.59. The maximum Gasteiger partial charge on any atom is 0.255 e. The molecule has 4 rings (SSSR count). The number of aliphatic imine (C=N–C) groups is 1. The molecule has 3 N–H and O–H groups in total. The Morgan fingerprint density at radius 1 is 1.35 bits per heavy atom. The van der Waals surface area contributed by atoms with E-state index in [4.69, 9.17) is 5.73 Å². The standard InChI is InChI=1S/C17H20N6O2S/c1-22(2)16-20-14(25)17(21-16)6-8-23(9-7-17)13(24)10-4-3-5-11-12(10)26-15(18)19-11/h3-5H,6-9H2,1-2H3,(H2,18,19)(H,20,21,25). The first-order valence-electron chi connectivity index (χ1n) is 8.42. The van der Waals surface area contributed by atoms with E-state index in [1.807, 2.05) is 26.2 Å². The number of benzene rings is 1. The summed E-state index contributed by atoms with van der Waals surface area (Å²) in [5.41, 5.74) is 6.39. The minimum atomic E-state index is -0.753. The number of nitrogen functional groups attached to an aromatic ring is 1. The number of carbonyl (C=O) groups excluding carboxylic acids is 2. The Morgan fingerprint density at radius 3 is 2.73 bits per heavy atom. The largest absolute Gasteiger partial charge is 0.375 e. The number of nitrogens with two attached hydrogens (primary N) is 1. The van der Waals surface area contributed by atoms with Gasteiger partial charge in [-0.15, -0.1) is 0 Å². The monoisotopic (exact) mass is 372 g/mol. The summed E-state index contributed by atoms with van der Waals surface area (Å²) in [6.45, 7) is 0.974. The van der Waals surface area contributed by atoms with Gasteiger partial charge in [0.25, 0.3) is 11.8 Å². The maximum atomic E-state index is 13.0. The number of likely N-dealkylation sites (tertiary alicyclic amines) is 1. The van der Waals surface area contributed by atoms with E-state index in [1.165, 1.54) is 11.3 Å². The van der Waals surface area contributed by atoms with Crippen molar-refractivity contribution in [1.29, 1.82) is 0 Å². The van der Waals surface area contributed by atoms with E-state index in [0.29, 0.717) is 42.6 Å². The predicted molar refractivity (Wildman–Crippen MR) is 101 cm³/mol. The van der Waals surface area contributed by atoms with Crippen LogP contribution in [0.25, 0.3) is 10.2 Å². The van der Waals surface area contributed by atoms with E-state index in [-0.39, 0.29) is 11.8 Å². The van der Waals surface area contributed by atoms with Gasteiger partial charge in [-0.1, -0.05) is 17.4 Å². The summed E-state index contributed by atoms with van der Waals surface area (Å²) in [7, 11) is 3.69. The van der Waals surface area contributed by atoms with Gasteiger partial charge < -0.3 is 15.5 Å². The van der Waals surface area contributed by atoms with Crippen molar-refractivity contribution in [3.63, 3.8) is 0 Å². The molecule has 1 fully saturated rings. The van der Waals surface area contributed by atoms with Crippen molar-refractivity contribution >= 4 is 44.5 Å². The Hall–Kier alpha value is -2.68. The van der Waals surface area contributed by atoms with Gasteiger partial charge in [-0.2, -0.15) is 0 Å². The zero-order valence-electron chi connectivity index (χ0n) is 14.7. The number of nitrogens with one attached hydrogen (secondary N) is 1. The van der Waals surface area contributed by atoms with Crippen molar-refractivity contribution in [3.8, 4) is 0 Å². The van der Waals surface area contributed by atoms with Gasteiger partial charge in [-0.25, -0.2) is 9.98 Å². The van der Waals surface area contributed by atoms with Crippen LogP contribution in [-0.2, 0) is 4.79 Å². The lowest BCUT2D eigenvalue weighted by atomic mass is 9.88. The molecule has 2 amide bonds. The summed E-state index contributed by atoms with van der Waals surface area (Å²) < 4.78 is 0.807. The minimum Gasteiger partial charge on any atom is -0.375 e. The van der Waals surface area contributed by atoms with Gasteiger partial charge in [0.05, 0.1) is 15.8 Å². The van der Waals surface area contributed by atoms with Gasteiger partial charge in [-0.3, -0.25) is 14.9 Å². The fraction of sp³-hybridized carbons (Fsp3) is 0.412. The quantitative estimate of drug-likeness (QED) is 0.774. The van der Waals surface area contributed by atoms with E-state index < -0.39 is 5.54 Å². The molecule has 2 aliphatic heterocycles. The van der Waals surface area contributed by atoms with Crippen LogP contribution in [-0.4, -0.2) is 65.3 Å². The molecular weight excluding hydrogens is 352 g/mol. The molecule has 9 heteroatoms. The Labute approximate surface area is 154 Å². The van der Waals surface area contributed by atoms with Crippen LogP contribution >= 0.6 is 11.3 Å². The van der Waals surface area contributed by atoms with Crippen molar-refractivity contribution < 1.29 is 9.59 Å². The molecule has 0 aliphatic carbocycles. The van der Waals surface area contributed by atoms with E-state index in [9.17, 15) is 9.59 Å². The van der Waals surface area contributed by atoms with E-state index in [1.54, 1.807) is 15.9 Å². The Morgan fingerprint density at radius 2 is 2.08 bits per heavy atom. The maximum absolute atomic E-state index is 13.0. The average Bonchev–Trinajstić information content (AvgIpc) is 3.15. The second kappa shape index (κ2) is 5.94. The molecule has 0 saturated carbocycles. The lowest BCUT2D eigenvalue weighted by molar-refractivity contribution is -0.125. The average molecular weight is 372 g/mol. The van der Waals surface area contributed by atoms with Crippen molar-refractivity contribution in [2.45, 2.75) is 18.4 Å². The molecule has 0 unspecified atom stereocenters. The van der Waals surface area contributed by atoms with E-state index in [0.717, 1.165) is 10.2 Å². The fourth-order valence-corrected chi connectivity index (χ4v) is 4.27. The first kappa shape index (κ1) is 16.8. The number of thiazole rings is 1. The highest BCUT2D eigenvalue weighted by Gasteiger charge is 2.47. The van der Waals surface area contributed by atoms with Crippen LogP contribution in [0.1, 0.15) is 23.2 Å². The molecule has 1 aromatic carbocycles. The first-order chi connectivity index (χ1) is 12.4. The van der Waals surface area contributed by atoms with E-state index in [2.05, 4.69) is 15.3 Å². The number of hydrogen-bond donors (Lipinski definition) is 2. The Balaban J connectivity index is 1.55. The van der Waals surface area contributed by atoms with Crippen LogP contribution in [0.15, 0.2) is 23.2 Å². The molecule has 1 saturated heterocycles. The van der Waals surface area contributed by atoms with Crippen LogP contribution in [0.3, 0.4) is 0 Å². The minimum absolute atomic E-state index is 0.0516. The zero-order chi connectivity index (χ0) is 18.5. The molecule has 2 aliphatic rings. The number of guanidine groups is 1. The van der Waals surface area contributed by atoms with Crippen LogP contribution in [0.5, 0.6) is 0 Å². The number of carbonyl (C=O) groups is 2. The highest BCUT2D eigenvalue weighted by molar-refractivity contribution is 7.22. The first-order valence-corrected chi connectivity index (χ1v) is 9.24. The van der Waals surface area contributed by atoms with Crippen LogP contribution in [0.2, 0.25) is 0 Å². The summed E-state index contributed by atoms with van der Waals surface area (Å²) >= 11 is 1.32.